The zero-order chi connectivity index (χ0) is 16.9. The van der Waals surface area contributed by atoms with Gasteiger partial charge >= 0.3 is 0 Å². The highest BCUT2D eigenvalue weighted by Gasteiger charge is 2.04. The van der Waals surface area contributed by atoms with Gasteiger partial charge in [-0.25, -0.2) is 0 Å². The second-order valence-electron chi connectivity index (χ2n) is 5.85. The third-order valence-corrected chi connectivity index (χ3v) is 3.51. The van der Waals surface area contributed by atoms with Crippen LogP contribution in [-0.2, 0) is 6.54 Å². The Balaban J connectivity index is 1.66. The topological polar surface area (TPSA) is 64.9 Å². The predicted octanol–water partition coefficient (Wildman–Crippen LogP) is 3.37. The molecule has 0 atom stereocenters. The molecule has 0 fully saturated rings. The number of hydrogen-bond donors (Lipinski definition) is 1. The smallest absolute Gasteiger partial charge is 0.153 e. The van der Waals surface area contributed by atoms with Gasteiger partial charge in [0.1, 0.15) is 5.75 Å². The summed E-state index contributed by atoms with van der Waals surface area (Å²) in [5.41, 5.74) is 3.14. The van der Waals surface area contributed by atoms with Crippen LogP contribution in [0.3, 0.4) is 0 Å². The van der Waals surface area contributed by atoms with Gasteiger partial charge in [0.15, 0.2) is 5.82 Å². The summed E-state index contributed by atoms with van der Waals surface area (Å²) < 4.78 is 7.37. The molecule has 6 heteroatoms. The summed E-state index contributed by atoms with van der Waals surface area (Å²) in [6.45, 7) is 6.66. The highest BCUT2D eigenvalue weighted by molar-refractivity contribution is 5.51. The van der Waals surface area contributed by atoms with E-state index in [9.17, 15) is 0 Å². The molecule has 0 unspecified atom stereocenters. The number of ether oxygens (including phenoxy) is 1. The molecule has 0 saturated heterocycles. The van der Waals surface area contributed by atoms with E-state index in [0.717, 1.165) is 29.5 Å². The van der Waals surface area contributed by atoms with Gasteiger partial charge in [0.05, 0.1) is 11.8 Å². The molecule has 0 radical (unpaired) electrons. The minimum Gasteiger partial charge on any atom is -0.491 e. The summed E-state index contributed by atoms with van der Waals surface area (Å²) >= 11 is 0. The summed E-state index contributed by atoms with van der Waals surface area (Å²) in [5.74, 6) is 1.65. The van der Waals surface area contributed by atoms with Crippen molar-refractivity contribution in [2.75, 3.05) is 5.32 Å². The van der Waals surface area contributed by atoms with Gasteiger partial charge in [-0.15, -0.1) is 5.10 Å². The molecule has 0 saturated carbocycles. The van der Waals surface area contributed by atoms with Gasteiger partial charge < -0.3 is 10.1 Å². The Morgan fingerprint density at radius 2 is 1.92 bits per heavy atom. The zero-order valence-electron chi connectivity index (χ0n) is 14.1. The minimum absolute atomic E-state index is 0.187. The van der Waals surface area contributed by atoms with Gasteiger partial charge in [0.2, 0.25) is 0 Å². The number of aryl methyl sites for hydroxylation is 1. The Bertz CT molecular complexity index is 795. The lowest BCUT2D eigenvalue weighted by atomic mass is 10.2. The van der Waals surface area contributed by atoms with E-state index >= 15 is 0 Å². The van der Waals surface area contributed by atoms with E-state index in [1.165, 1.54) is 5.56 Å². The van der Waals surface area contributed by atoms with E-state index in [1.807, 2.05) is 57.2 Å². The molecular weight excluding hydrogens is 302 g/mol. The van der Waals surface area contributed by atoms with Crippen LogP contribution in [0.15, 0.2) is 48.5 Å². The molecular formula is C18H21N5O. The highest BCUT2D eigenvalue weighted by atomic mass is 16.5. The van der Waals surface area contributed by atoms with Crippen molar-refractivity contribution in [2.45, 2.75) is 33.4 Å². The molecule has 1 N–H and O–H groups in total. The molecule has 24 heavy (non-hydrogen) atoms. The maximum atomic E-state index is 5.66. The second-order valence-corrected chi connectivity index (χ2v) is 5.85. The molecule has 0 bridgehead atoms. The van der Waals surface area contributed by atoms with Crippen LogP contribution in [0.1, 0.15) is 25.2 Å². The van der Waals surface area contributed by atoms with Crippen molar-refractivity contribution in [2.24, 2.45) is 0 Å². The minimum atomic E-state index is 0.187. The fourth-order valence-corrected chi connectivity index (χ4v) is 2.38. The van der Waals surface area contributed by atoms with Gasteiger partial charge in [-0.3, -0.25) is 0 Å². The Morgan fingerprint density at radius 1 is 1.12 bits per heavy atom. The van der Waals surface area contributed by atoms with Crippen molar-refractivity contribution < 1.29 is 4.74 Å². The number of nitrogens with zero attached hydrogens (tertiary/aromatic N) is 4. The first-order valence-electron chi connectivity index (χ1n) is 7.97. The number of benzene rings is 2. The molecule has 0 aliphatic rings. The van der Waals surface area contributed by atoms with E-state index in [2.05, 4.69) is 33.0 Å². The number of aromatic nitrogens is 4. The Kier molecular flexibility index (Phi) is 4.74. The summed E-state index contributed by atoms with van der Waals surface area (Å²) in [7, 11) is 0. The van der Waals surface area contributed by atoms with Crippen molar-refractivity contribution >= 4 is 5.69 Å². The number of nitrogens with one attached hydrogen (secondary N) is 1. The number of rotatable bonds is 6. The van der Waals surface area contributed by atoms with Crippen molar-refractivity contribution in [3.8, 4) is 11.4 Å². The van der Waals surface area contributed by atoms with Gasteiger partial charge in [0.25, 0.3) is 0 Å². The molecule has 0 spiro atoms. The summed E-state index contributed by atoms with van der Waals surface area (Å²) in [6.07, 6.45) is 0.187. The molecule has 2 aromatic carbocycles. The first-order valence-corrected chi connectivity index (χ1v) is 7.97. The van der Waals surface area contributed by atoms with Crippen molar-refractivity contribution in [1.82, 2.24) is 20.2 Å². The van der Waals surface area contributed by atoms with Crippen LogP contribution in [0.25, 0.3) is 5.69 Å². The average molecular weight is 323 g/mol. The quantitative estimate of drug-likeness (QED) is 0.753. The van der Waals surface area contributed by atoms with Crippen LogP contribution in [-0.4, -0.2) is 26.3 Å². The molecule has 3 aromatic rings. The van der Waals surface area contributed by atoms with Crippen molar-refractivity contribution in [3.05, 3.63) is 59.9 Å². The first-order chi connectivity index (χ1) is 11.6. The number of tetrazole rings is 1. The lowest BCUT2D eigenvalue weighted by Crippen LogP contribution is -2.06. The number of anilines is 1. The molecule has 1 aromatic heterocycles. The molecule has 0 amide bonds. The standard InChI is InChI=1S/C18H21N5O/c1-13(2)24-18-9-7-15(8-10-18)12-19-16-5-4-6-17(11-16)23-14(3)20-21-22-23/h4-11,13,19H,12H2,1-3H3. The van der Waals surface area contributed by atoms with Crippen LogP contribution in [0.2, 0.25) is 0 Å². The maximum Gasteiger partial charge on any atom is 0.153 e. The normalized spacial score (nSPS) is 10.8. The van der Waals surface area contributed by atoms with E-state index in [1.54, 1.807) is 4.68 Å². The SMILES string of the molecule is Cc1nnnn1-c1cccc(NCc2ccc(OC(C)C)cc2)c1. The van der Waals surface area contributed by atoms with Gasteiger partial charge in [-0.2, -0.15) is 4.68 Å². The van der Waals surface area contributed by atoms with Gasteiger partial charge in [-0.1, -0.05) is 18.2 Å². The van der Waals surface area contributed by atoms with Crippen molar-refractivity contribution in [1.29, 1.82) is 0 Å². The molecule has 6 nitrogen and oxygen atoms in total. The van der Waals surface area contributed by atoms with Crippen LogP contribution in [0, 0.1) is 6.92 Å². The predicted molar refractivity (Wildman–Crippen MR) is 93.4 cm³/mol. The van der Waals surface area contributed by atoms with Gasteiger partial charge in [-0.05, 0) is 67.1 Å². The second kappa shape index (κ2) is 7.12. The van der Waals surface area contributed by atoms with E-state index < -0.39 is 0 Å². The van der Waals surface area contributed by atoms with Crippen molar-refractivity contribution in [3.63, 3.8) is 0 Å². The zero-order valence-corrected chi connectivity index (χ0v) is 14.1. The van der Waals surface area contributed by atoms with Crippen LogP contribution in [0.5, 0.6) is 5.75 Å². The number of hydrogen-bond acceptors (Lipinski definition) is 5. The highest BCUT2D eigenvalue weighted by Crippen LogP contribution is 2.17. The Morgan fingerprint density at radius 3 is 2.58 bits per heavy atom. The third kappa shape index (κ3) is 3.90. The molecule has 0 aliphatic carbocycles. The Labute approximate surface area is 141 Å². The monoisotopic (exact) mass is 323 g/mol. The average Bonchev–Trinajstić information content (AvgIpc) is 3.00. The third-order valence-electron chi connectivity index (χ3n) is 3.51. The molecule has 1 heterocycles. The van der Waals surface area contributed by atoms with Crippen LogP contribution < -0.4 is 10.1 Å². The molecule has 3 rings (SSSR count). The lowest BCUT2D eigenvalue weighted by Gasteiger charge is -2.11. The van der Waals surface area contributed by atoms with E-state index in [4.69, 9.17) is 4.74 Å². The maximum absolute atomic E-state index is 5.66. The lowest BCUT2D eigenvalue weighted by molar-refractivity contribution is 0.242. The summed E-state index contributed by atoms with van der Waals surface area (Å²) in [6, 6.07) is 16.2. The molecule has 0 aliphatic heterocycles. The summed E-state index contributed by atoms with van der Waals surface area (Å²) in [4.78, 5) is 0. The largest absolute Gasteiger partial charge is 0.491 e. The first kappa shape index (κ1) is 16.0. The van der Waals surface area contributed by atoms with E-state index in [-0.39, 0.29) is 6.10 Å². The molecule has 124 valence electrons. The Hall–Kier alpha value is -2.89. The van der Waals surface area contributed by atoms with Crippen LogP contribution in [0.4, 0.5) is 5.69 Å². The van der Waals surface area contributed by atoms with E-state index in [0.29, 0.717) is 0 Å². The van der Waals surface area contributed by atoms with Gasteiger partial charge in [0, 0.05) is 12.2 Å². The fourth-order valence-electron chi connectivity index (χ4n) is 2.38. The fraction of sp³-hybridized carbons (Fsp3) is 0.278. The van der Waals surface area contributed by atoms with Crippen LogP contribution >= 0.6 is 0 Å². The summed E-state index contributed by atoms with van der Waals surface area (Å²) in [5, 5.41) is 15.0.